The highest BCUT2D eigenvalue weighted by Gasteiger charge is 2.21. The molecule has 0 aromatic carbocycles. The molecule has 2 atom stereocenters. The molecular weight excluding hydrogens is 737 g/mol. The first-order valence-electron chi connectivity index (χ1n) is 23.2. The summed E-state index contributed by atoms with van der Waals surface area (Å²) in [6.45, 7) is 4.19. The summed E-state index contributed by atoms with van der Waals surface area (Å²) in [5, 5.41) is 0. The maximum Gasteiger partial charge on any atom is 0.306 e. The molecule has 0 fully saturated rings. The van der Waals surface area contributed by atoms with Crippen LogP contribution in [0.15, 0.2) is 36.5 Å². The number of phosphoric ester groups is 1. The lowest BCUT2D eigenvalue weighted by Crippen LogP contribution is -2.37. The zero-order valence-corrected chi connectivity index (χ0v) is 38.4. The van der Waals surface area contributed by atoms with Crippen molar-refractivity contribution in [1.29, 1.82) is 0 Å². The van der Waals surface area contributed by atoms with E-state index in [4.69, 9.17) is 18.5 Å². The summed E-state index contributed by atoms with van der Waals surface area (Å²) in [5.74, 6) is -0.846. The van der Waals surface area contributed by atoms with Crippen LogP contribution in [0.4, 0.5) is 0 Å². The molecule has 0 heterocycles. The molecule has 0 spiro atoms. The molecule has 1 unspecified atom stereocenters. The molecule has 0 bridgehead atoms. The van der Waals surface area contributed by atoms with Crippen LogP contribution in [0.1, 0.15) is 200 Å². The number of rotatable bonds is 42. The van der Waals surface area contributed by atoms with Gasteiger partial charge in [-0.15, -0.1) is 0 Å². The van der Waals surface area contributed by atoms with E-state index >= 15 is 0 Å². The molecule has 57 heavy (non-hydrogen) atoms. The van der Waals surface area contributed by atoms with E-state index in [0.717, 1.165) is 70.6 Å². The average Bonchev–Trinajstić information content (AvgIpc) is 3.16. The second-order valence-electron chi connectivity index (χ2n) is 16.8. The van der Waals surface area contributed by atoms with Crippen molar-refractivity contribution < 1.29 is 42.1 Å². The van der Waals surface area contributed by atoms with Crippen LogP contribution in [0.25, 0.3) is 0 Å². The zero-order chi connectivity index (χ0) is 42.1. The van der Waals surface area contributed by atoms with E-state index in [1.165, 1.54) is 96.3 Å². The van der Waals surface area contributed by atoms with Gasteiger partial charge in [0, 0.05) is 12.8 Å². The number of likely N-dealkylation sites (N-methyl/N-ethyl adjacent to an activating group) is 1. The minimum Gasteiger partial charge on any atom is -0.756 e. The number of hydrogen-bond acceptors (Lipinski definition) is 8. The molecule has 0 saturated heterocycles. The smallest absolute Gasteiger partial charge is 0.306 e. The third-order valence-electron chi connectivity index (χ3n) is 9.88. The molecule has 0 aliphatic heterocycles. The van der Waals surface area contributed by atoms with Gasteiger partial charge in [0.25, 0.3) is 7.82 Å². The second-order valence-corrected chi connectivity index (χ2v) is 18.2. The molecule has 0 amide bonds. The number of carbonyl (C=O) groups is 2. The third kappa shape index (κ3) is 43.6. The van der Waals surface area contributed by atoms with E-state index in [-0.39, 0.29) is 26.1 Å². The number of ether oxygens (including phenoxy) is 2. The predicted octanol–water partition coefficient (Wildman–Crippen LogP) is 12.7. The topological polar surface area (TPSA) is 111 Å². The van der Waals surface area contributed by atoms with Crippen LogP contribution < -0.4 is 4.89 Å². The van der Waals surface area contributed by atoms with Crippen LogP contribution in [0.5, 0.6) is 0 Å². The molecule has 0 aromatic rings. The Morgan fingerprint density at radius 2 is 0.947 bits per heavy atom. The van der Waals surface area contributed by atoms with Gasteiger partial charge in [0.1, 0.15) is 19.8 Å². The summed E-state index contributed by atoms with van der Waals surface area (Å²) in [7, 11) is 1.16. The fourth-order valence-corrected chi connectivity index (χ4v) is 6.94. The van der Waals surface area contributed by atoms with Gasteiger partial charge >= 0.3 is 11.9 Å². The number of allylic oxidation sites excluding steroid dienone is 6. The predicted molar refractivity (Wildman–Crippen MR) is 236 cm³/mol. The van der Waals surface area contributed by atoms with Gasteiger partial charge in [-0.1, -0.05) is 153 Å². The summed E-state index contributed by atoms with van der Waals surface area (Å²) in [6, 6.07) is 0. The zero-order valence-electron chi connectivity index (χ0n) is 37.5. The molecule has 0 N–H and O–H groups in total. The van der Waals surface area contributed by atoms with Crippen molar-refractivity contribution >= 4 is 19.8 Å². The third-order valence-corrected chi connectivity index (χ3v) is 10.8. The van der Waals surface area contributed by atoms with Gasteiger partial charge in [0.2, 0.25) is 0 Å². The van der Waals surface area contributed by atoms with Gasteiger partial charge < -0.3 is 27.9 Å². The number of esters is 2. The Morgan fingerprint density at radius 3 is 1.44 bits per heavy atom. The molecule has 0 aliphatic rings. The minimum atomic E-state index is -4.63. The van der Waals surface area contributed by atoms with Crippen molar-refractivity contribution in [1.82, 2.24) is 0 Å². The highest BCUT2D eigenvalue weighted by atomic mass is 31.2. The van der Waals surface area contributed by atoms with Crippen molar-refractivity contribution in [2.45, 2.75) is 206 Å². The lowest BCUT2D eigenvalue weighted by molar-refractivity contribution is -0.870. The standard InChI is InChI=1S/C47H88NO8P/c1-6-8-10-12-14-16-18-20-22-23-24-25-26-28-30-32-34-36-38-40-47(50)56-45(44-55-57(51,52)54-42-41-48(3,4)5)43-53-46(49)39-37-35-33-31-29-27-21-19-17-15-13-11-9-7-2/h14,16,19-22,45H,6-13,15,17-18,23-44H2,1-5H3/b16-14-,21-19-,22-20-/t45-/m1/s1. The maximum absolute atomic E-state index is 12.7. The number of phosphoric acid groups is 1. The maximum atomic E-state index is 12.7. The van der Waals surface area contributed by atoms with Gasteiger partial charge in [-0.25, -0.2) is 0 Å². The largest absolute Gasteiger partial charge is 0.756 e. The number of hydrogen-bond donors (Lipinski definition) is 0. The first-order valence-corrected chi connectivity index (χ1v) is 24.7. The van der Waals surface area contributed by atoms with Crippen molar-refractivity contribution in [3.05, 3.63) is 36.5 Å². The van der Waals surface area contributed by atoms with Crippen molar-refractivity contribution in [2.24, 2.45) is 0 Å². The summed E-state index contributed by atoms with van der Waals surface area (Å²) in [4.78, 5) is 37.6. The first-order chi connectivity index (χ1) is 27.5. The van der Waals surface area contributed by atoms with Crippen molar-refractivity contribution in [2.75, 3.05) is 47.5 Å². The number of quaternary nitrogens is 1. The van der Waals surface area contributed by atoms with Gasteiger partial charge in [-0.2, -0.15) is 0 Å². The number of nitrogens with zero attached hydrogens (tertiary/aromatic N) is 1. The lowest BCUT2D eigenvalue weighted by Gasteiger charge is -2.28. The highest BCUT2D eigenvalue weighted by Crippen LogP contribution is 2.38. The highest BCUT2D eigenvalue weighted by molar-refractivity contribution is 7.45. The summed E-state index contributed by atoms with van der Waals surface area (Å²) >= 11 is 0. The van der Waals surface area contributed by atoms with Gasteiger partial charge in [-0.3, -0.25) is 14.2 Å². The van der Waals surface area contributed by atoms with Gasteiger partial charge in [-0.05, 0) is 70.6 Å². The molecule has 0 aromatic heterocycles. The first kappa shape index (κ1) is 55.2. The van der Waals surface area contributed by atoms with E-state index in [1.807, 2.05) is 21.1 Å². The van der Waals surface area contributed by atoms with Crippen LogP contribution in [0, 0.1) is 0 Å². The SMILES string of the molecule is CCCCC/C=C\C/C=C\CCCCCCCCCCCC(=O)O[C@H](COC(=O)CCCCCCC/C=C\CCCCCCC)COP(=O)([O-])OCC[N+](C)(C)C. The van der Waals surface area contributed by atoms with Crippen molar-refractivity contribution in [3.63, 3.8) is 0 Å². The fraction of sp³-hybridized carbons (Fsp3) is 0.830. The Bertz CT molecular complexity index is 1070. The van der Waals surface area contributed by atoms with E-state index in [1.54, 1.807) is 0 Å². The van der Waals surface area contributed by atoms with Crippen LogP contribution >= 0.6 is 7.82 Å². The molecule has 0 saturated carbocycles. The quantitative estimate of drug-likeness (QED) is 0.0197. The lowest BCUT2D eigenvalue weighted by atomic mass is 10.1. The monoisotopic (exact) mass is 826 g/mol. The van der Waals surface area contributed by atoms with Crippen molar-refractivity contribution in [3.8, 4) is 0 Å². The van der Waals surface area contributed by atoms with E-state index in [2.05, 4.69) is 50.3 Å². The summed E-state index contributed by atoms with van der Waals surface area (Å²) < 4.78 is 33.9. The number of carbonyl (C=O) groups excluding carboxylic acids is 2. The van der Waals surface area contributed by atoms with Crippen LogP contribution in [-0.2, 0) is 32.7 Å². The van der Waals surface area contributed by atoms with E-state index in [9.17, 15) is 19.0 Å². The Labute approximate surface area is 351 Å². The second kappa shape index (κ2) is 39.7. The van der Waals surface area contributed by atoms with Crippen LogP contribution in [0.2, 0.25) is 0 Å². The fourth-order valence-electron chi connectivity index (χ4n) is 6.21. The minimum absolute atomic E-state index is 0.0330. The Hall–Kier alpha value is -1.77. The van der Waals surface area contributed by atoms with Gasteiger partial charge in [0.05, 0.1) is 27.7 Å². The summed E-state index contributed by atoms with van der Waals surface area (Å²) in [6.07, 6.45) is 44.5. The molecule has 10 heteroatoms. The average molecular weight is 826 g/mol. The number of unbranched alkanes of at least 4 members (excludes halogenated alkanes) is 22. The molecule has 334 valence electrons. The molecule has 0 radical (unpaired) electrons. The molecule has 0 aliphatic carbocycles. The Balaban J connectivity index is 4.33. The van der Waals surface area contributed by atoms with E-state index < -0.39 is 32.5 Å². The normalized spacial score (nSPS) is 13.9. The van der Waals surface area contributed by atoms with Crippen LogP contribution in [0.3, 0.4) is 0 Å². The van der Waals surface area contributed by atoms with E-state index in [0.29, 0.717) is 17.4 Å². The Morgan fingerprint density at radius 1 is 0.544 bits per heavy atom. The van der Waals surface area contributed by atoms with Gasteiger partial charge in [0.15, 0.2) is 6.10 Å². The molecule has 0 rings (SSSR count). The van der Waals surface area contributed by atoms with Crippen LogP contribution in [-0.4, -0.2) is 70.0 Å². The molecule has 9 nitrogen and oxygen atoms in total. The Kier molecular flexibility index (Phi) is 38.4. The molecular formula is C47H88NO8P. The summed E-state index contributed by atoms with van der Waals surface area (Å²) in [5.41, 5.74) is 0.